The van der Waals surface area contributed by atoms with E-state index in [1.807, 2.05) is 24.3 Å². The molecule has 7 heteroatoms. The lowest BCUT2D eigenvalue weighted by atomic mass is 9.90. The molecule has 3 N–H and O–H groups in total. The third-order valence-corrected chi connectivity index (χ3v) is 5.16. The molecule has 1 heterocycles. The molecule has 0 radical (unpaired) electrons. The Morgan fingerprint density at radius 2 is 2.04 bits per heavy atom. The molecule has 28 heavy (non-hydrogen) atoms. The van der Waals surface area contributed by atoms with Crippen molar-refractivity contribution in [2.45, 2.75) is 25.2 Å². The highest BCUT2D eigenvalue weighted by atomic mass is 127. The second-order valence-electron chi connectivity index (χ2n) is 6.65. The van der Waals surface area contributed by atoms with E-state index < -0.39 is 0 Å². The molecule has 2 aromatic rings. The lowest BCUT2D eigenvalue weighted by molar-refractivity contribution is -0.116. The van der Waals surface area contributed by atoms with Crippen LogP contribution in [0.5, 0.6) is 0 Å². The summed E-state index contributed by atoms with van der Waals surface area (Å²) in [4.78, 5) is 16.2. The molecule has 1 aliphatic rings. The molecule has 1 aliphatic heterocycles. The molecular weight excluding hydrogens is 531 g/mol. The highest BCUT2D eigenvalue weighted by molar-refractivity contribution is 14.0. The maximum Gasteiger partial charge on any atom is 0.225 e. The third-order valence-electron chi connectivity index (χ3n) is 4.67. The zero-order valence-corrected chi connectivity index (χ0v) is 19.8. The van der Waals surface area contributed by atoms with E-state index in [2.05, 4.69) is 61.1 Å². The minimum absolute atomic E-state index is 0. The first-order valence-electron chi connectivity index (χ1n) is 9.23. The maximum atomic E-state index is 11.9. The Labute approximate surface area is 191 Å². The van der Waals surface area contributed by atoms with Gasteiger partial charge >= 0.3 is 0 Å². The highest BCUT2D eigenvalue weighted by Gasteiger charge is 2.24. The smallest absolute Gasteiger partial charge is 0.225 e. The molecular formula is C21H26BrIN4O. The summed E-state index contributed by atoms with van der Waals surface area (Å²) in [5.74, 6) is 0.986. The van der Waals surface area contributed by atoms with Crippen molar-refractivity contribution in [2.75, 3.05) is 25.5 Å². The first-order valence-corrected chi connectivity index (χ1v) is 10.0. The molecule has 1 unspecified atom stereocenters. The van der Waals surface area contributed by atoms with Crippen LogP contribution in [-0.4, -0.2) is 32.0 Å². The fourth-order valence-electron chi connectivity index (χ4n) is 3.32. The second-order valence-corrected chi connectivity index (χ2v) is 7.57. The number of carbonyl (C=O) groups excluding carboxylic acids is 1. The van der Waals surface area contributed by atoms with E-state index in [0.29, 0.717) is 13.0 Å². The number of nitrogens with one attached hydrogen (secondary N) is 3. The number of anilines is 1. The number of amides is 1. The number of para-hydroxylation sites is 1. The normalized spacial score (nSPS) is 15.9. The molecule has 0 saturated carbocycles. The van der Waals surface area contributed by atoms with Crippen LogP contribution in [0.25, 0.3) is 0 Å². The van der Waals surface area contributed by atoms with Gasteiger partial charge in [0.25, 0.3) is 0 Å². The van der Waals surface area contributed by atoms with Gasteiger partial charge < -0.3 is 16.0 Å². The van der Waals surface area contributed by atoms with Crippen molar-refractivity contribution in [3.8, 4) is 0 Å². The van der Waals surface area contributed by atoms with E-state index in [1.54, 1.807) is 7.05 Å². The van der Waals surface area contributed by atoms with E-state index in [1.165, 1.54) is 11.1 Å². The third kappa shape index (κ3) is 6.48. The summed E-state index contributed by atoms with van der Waals surface area (Å²) >= 11 is 3.51. The largest absolute Gasteiger partial charge is 0.356 e. The first kappa shape index (κ1) is 22.7. The Hall–Kier alpha value is -1.61. The number of rotatable bonds is 6. The summed E-state index contributed by atoms with van der Waals surface area (Å²) in [7, 11) is 1.77. The van der Waals surface area contributed by atoms with Gasteiger partial charge in [0.1, 0.15) is 0 Å². The molecule has 1 atom stereocenters. The predicted molar refractivity (Wildman–Crippen MR) is 130 cm³/mol. The van der Waals surface area contributed by atoms with Crippen LogP contribution in [0.15, 0.2) is 58.0 Å². The first-order chi connectivity index (χ1) is 13.2. The molecule has 1 amide bonds. The van der Waals surface area contributed by atoms with Crippen LogP contribution < -0.4 is 16.0 Å². The van der Waals surface area contributed by atoms with Crippen LogP contribution >= 0.6 is 39.9 Å². The van der Waals surface area contributed by atoms with Gasteiger partial charge in [-0.25, -0.2) is 0 Å². The Morgan fingerprint density at radius 1 is 1.21 bits per heavy atom. The van der Waals surface area contributed by atoms with Crippen LogP contribution in [-0.2, 0) is 11.2 Å². The van der Waals surface area contributed by atoms with Gasteiger partial charge in [-0.05, 0) is 42.2 Å². The number of carbonyl (C=O) groups is 1. The Morgan fingerprint density at radius 3 is 2.82 bits per heavy atom. The summed E-state index contributed by atoms with van der Waals surface area (Å²) in [6.45, 7) is 1.52. The quantitative estimate of drug-likeness (QED) is 0.215. The van der Waals surface area contributed by atoms with E-state index in [9.17, 15) is 4.79 Å². The highest BCUT2D eigenvalue weighted by Crippen LogP contribution is 2.31. The topological polar surface area (TPSA) is 65.5 Å². The Balaban J connectivity index is 0.00000280. The van der Waals surface area contributed by atoms with E-state index in [4.69, 9.17) is 0 Å². The van der Waals surface area contributed by atoms with Crippen LogP contribution in [0.3, 0.4) is 0 Å². The molecule has 0 aromatic heterocycles. The van der Waals surface area contributed by atoms with Gasteiger partial charge in [0.05, 0.1) is 0 Å². The van der Waals surface area contributed by atoms with Crippen molar-refractivity contribution in [1.29, 1.82) is 0 Å². The number of guanidine groups is 1. The van der Waals surface area contributed by atoms with Crippen molar-refractivity contribution in [3.05, 3.63) is 64.1 Å². The van der Waals surface area contributed by atoms with Crippen molar-refractivity contribution in [2.24, 2.45) is 4.99 Å². The van der Waals surface area contributed by atoms with Crippen LogP contribution in [0.1, 0.15) is 29.9 Å². The molecule has 0 aliphatic carbocycles. The lowest BCUT2D eigenvalue weighted by Crippen LogP contribution is -2.41. The van der Waals surface area contributed by atoms with Crippen molar-refractivity contribution in [3.63, 3.8) is 0 Å². The molecule has 3 rings (SSSR count). The SMILES string of the molecule is CN=C(NCCCc1cccc(Br)c1)NCC1CC(=O)Nc2ccccc21.I. The lowest BCUT2D eigenvalue weighted by Gasteiger charge is -2.26. The van der Waals surface area contributed by atoms with Gasteiger partial charge in [0.2, 0.25) is 5.91 Å². The molecule has 0 saturated heterocycles. The molecule has 5 nitrogen and oxygen atoms in total. The number of hydrogen-bond donors (Lipinski definition) is 3. The van der Waals surface area contributed by atoms with Gasteiger partial charge in [-0.2, -0.15) is 0 Å². The Kier molecular flexibility index (Phi) is 9.24. The van der Waals surface area contributed by atoms with Crippen LogP contribution in [0.4, 0.5) is 5.69 Å². The molecule has 150 valence electrons. The van der Waals surface area contributed by atoms with Gasteiger partial charge in [-0.3, -0.25) is 9.79 Å². The van der Waals surface area contributed by atoms with Gasteiger partial charge in [0.15, 0.2) is 5.96 Å². The second kappa shape index (κ2) is 11.4. The number of aryl methyl sites for hydroxylation is 1. The average Bonchev–Trinajstić information content (AvgIpc) is 2.67. The van der Waals surface area contributed by atoms with Crippen molar-refractivity contribution < 1.29 is 4.79 Å². The number of nitrogens with zero attached hydrogens (tertiary/aromatic N) is 1. The Bertz CT molecular complexity index is 828. The van der Waals surface area contributed by atoms with Crippen molar-refractivity contribution in [1.82, 2.24) is 10.6 Å². The molecule has 0 bridgehead atoms. The summed E-state index contributed by atoms with van der Waals surface area (Å²) < 4.78 is 1.11. The molecule has 2 aromatic carbocycles. The molecule has 0 spiro atoms. The summed E-state index contributed by atoms with van der Waals surface area (Å²) in [5.41, 5.74) is 3.41. The van der Waals surface area contributed by atoms with Crippen LogP contribution in [0, 0.1) is 0 Å². The minimum atomic E-state index is 0. The van der Waals surface area contributed by atoms with E-state index in [0.717, 1.165) is 35.5 Å². The summed E-state index contributed by atoms with van der Waals surface area (Å²) in [5, 5.41) is 9.65. The number of hydrogen-bond acceptors (Lipinski definition) is 2. The monoisotopic (exact) mass is 556 g/mol. The van der Waals surface area contributed by atoms with Gasteiger partial charge in [0, 0.05) is 42.6 Å². The van der Waals surface area contributed by atoms with Crippen molar-refractivity contribution >= 4 is 57.5 Å². The number of fused-ring (bicyclic) bond motifs is 1. The minimum Gasteiger partial charge on any atom is -0.356 e. The summed E-state index contributed by atoms with van der Waals surface area (Å²) in [6.07, 6.45) is 2.52. The number of halogens is 2. The van der Waals surface area contributed by atoms with Crippen LogP contribution in [0.2, 0.25) is 0 Å². The average molecular weight is 557 g/mol. The van der Waals surface area contributed by atoms with E-state index in [-0.39, 0.29) is 35.8 Å². The fraction of sp³-hybridized carbons (Fsp3) is 0.333. The number of benzene rings is 2. The zero-order chi connectivity index (χ0) is 19.1. The predicted octanol–water partition coefficient (Wildman–Crippen LogP) is 4.29. The maximum absolute atomic E-state index is 11.9. The standard InChI is InChI=1S/C21H25BrN4O.HI/c1-23-21(24-11-5-7-15-6-4-8-17(22)12-15)25-14-16-13-20(27)26-19-10-3-2-9-18(16)19;/h2-4,6,8-10,12,16H,5,7,11,13-14H2,1H3,(H,26,27)(H2,23,24,25);1H. The fourth-order valence-corrected chi connectivity index (χ4v) is 3.76. The summed E-state index contributed by atoms with van der Waals surface area (Å²) in [6, 6.07) is 16.4. The number of aliphatic imine (C=N–C) groups is 1. The molecule has 0 fully saturated rings. The van der Waals surface area contributed by atoms with Gasteiger partial charge in [-0.1, -0.05) is 46.3 Å². The van der Waals surface area contributed by atoms with Gasteiger partial charge in [-0.15, -0.1) is 24.0 Å². The zero-order valence-electron chi connectivity index (χ0n) is 15.9. The van der Waals surface area contributed by atoms with E-state index >= 15 is 0 Å².